The van der Waals surface area contributed by atoms with Crippen molar-refractivity contribution in [1.29, 1.82) is 0 Å². The second-order valence-electron chi connectivity index (χ2n) is 8.89. The highest BCUT2D eigenvalue weighted by Gasteiger charge is 2.19. The van der Waals surface area contributed by atoms with Gasteiger partial charge in [-0.2, -0.15) is 0 Å². The molecule has 0 atom stereocenters. The molecule has 3 heterocycles. The first-order valence-corrected chi connectivity index (χ1v) is 11.8. The number of aromatic amines is 1. The molecule has 2 aromatic heterocycles. The number of halogens is 2. The molecule has 0 aliphatic carbocycles. The van der Waals surface area contributed by atoms with Crippen molar-refractivity contribution in [1.82, 2.24) is 9.88 Å². The average Bonchev–Trinajstić information content (AvgIpc) is 3.35. The molecular formula is C27H37Cl2N3O6. The second kappa shape index (κ2) is 14.3. The van der Waals surface area contributed by atoms with Crippen LogP contribution < -0.4 is 20.0 Å². The molecule has 1 fully saturated rings. The Morgan fingerprint density at radius 1 is 0.947 bits per heavy atom. The topological polar surface area (TPSA) is 134 Å². The van der Waals surface area contributed by atoms with Crippen LogP contribution in [-0.4, -0.2) is 67.3 Å². The third-order valence-corrected chi connectivity index (χ3v) is 6.90. The lowest BCUT2D eigenvalue weighted by Crippen LogP contribution is -2.46. The molecule has 0 spiro atoms. The number of nitrogens with one attached hydrogen (secondary N) is 1. The van der Waals surface area contributed by atoms with Crippen molar-refractivity contribution < 1.29 is 24.8 Å². The zero-order valence-electron chi connectivity index (χ0n) is 21.8. The van der Waals surface area contributed by atoms with Crippen molar-refractivity contribution in [2.45, 2.75) is 20.3 Å². The van der Waals surface area contributed by atoms with Crippen molar-refractivity contribution >= 4 is 52.4 Å². The summed E-state index contributed by atoms with van der Waals surface area (Å²) in [5.74, 6) is 1.25. The summed E-state index contributed by atoms with van der Waals surface area (Å²) in [6.45, 7) is 9.42. The SMILES string of the molecule is COc1cc2oc(=O)c(C)c(C)c2cc1OCCCN1CCN(c2cccc3[nH]ccc23)CC1.Cl.Cl.O.O. The summed E-state index contributed by atoms with van der Waals surface area (Å²) in [6, 6.07) is 12.3. The Kier molecular flexibility index (Phi) is 12.4. The van der Waals surface area contributed by atoms with Crippen LogP contribution >= 0.6 is 24.8 Å². The van der Waals surface area contributed by atoms with E-state index in [-0.39, 0.29) is 41.4 Å². The van der Waals surface area contributed by atoms with E-state index in [9.17, 15) is 4.79 Å². The maximum Gasteiger partial charge on any atom is 0.339 e. The Hall–Kier alpha value is -2.95. The maximum absolute atomic E-state index is 12.0. The molecular weight excluding hydrogens is 533 g/mol. The van der Waals surface area contributed by atoms with Crippen molar-refractivity contribution in [3.05, 3.63) is 64.1 Å². The summed E-state index contributed by atoms with van der Waals surface area (Å²) < 4.78 is 17.0. The molecule has 11 heteroatoms. The van der Waals surface area contributed by atoms with Crippen molar-refractivity contribution in [2.24, 2.45) is 0 Å². The van der Waals surface area contributed by atoms with E-state index in [1.165, 1.54) is 16.6 Å². The van der Waals surface area contributed by atoms with Crippen molar-refractivity contribution in [3.63, 3.8) is 0 Å². The summed E-state index contributed by atoms with van der Waals surface area (Å²) in [4.78, 5) is 20.3. The molecule has 1 aliphatic rings. The van der Waals surface area contributed by atoms with Crippen LogP contribution in [0.25, 0.3) is 21.9 Å². The quantitative estimate of drug-likeness (QED) is 0.266. The third kappa shape index (κ3) is 6.54. The first-order chi connectivity index (χ1) is 16.5. The molecule has 9 nitrogen and oxygen atoms in total. The van der Waals surface area contributed by atoms with Gasteiger partial charge in [-0.3, -0.25) is 4.90 Å². The van der Waals surface area contributed by atoms with Gasteiger partial charge in [-0.1, -0.05) is 6.07 Å². The lowest BCUT2D eigenvalue weighted by atomic mass is 10.1. The summed E-state index contributed by atoms with van der Waals surface area (Å²) in [6.07, 6.45) is 2.93. The normalized spacial score (nSPS) is 13.2. The number of hydrogen-bond donors (Lipinski definition) is 1. The van der Waals surface area contributed by atoms with Crippen LogP contribution in [0.5, 0.6) is 11.5 Å². The first-order valence-electron chi connectivity index (χ1n) is 11.8. The fourth-order valence-electron chi connectivity index (χ4n) is 4.75. The van der Waals surface area contributed by atoms with Crippen LogP contribution in [0.1, 0.15) is 17.5 Å². The number of fused-ring (bicyclic) bond motifs is 2. The smallest absolute Gasteiger partial charge is 0.339 e. The van der Waals surface area contributed by atoms with E-state index >= 15 is 0 Å². The molecule has 0 unspecified atom stereocenters. The molecule has 2 aromatic carbocycles. The first kappa shape index (κ1) is 33.1. The minimum absolute atomic E-state index is 0. The summed E-state index contributed by atoms with van der Waals surface area (Å²) in [5.41, 5.74) is 4.23. The molecule has 5 rings (SSSR count). The number of aromatic nitrogens is 1. The van der Waals surface area contributed by atoms with E-state index in [1.807, 2.05) is 19.2 Å². The molecule has 38 heavy (non-hydrogen) atoms. The molecule has 0 amide bonds. The largest absolute Gasteiger partial charge is 0.493 e. The lowest BCUT2D eigenvalue weighted by Gasteiger charge is -2.36. The number of methoxy groups -OCH3 is 1. The minimum atomic E-state index is -0.314. The standard InChI is InChI=1S/C27H31N3O4.2ClH.2H2O/c1-18-19(2)27(31)34-24-17-25(32-3)26(16-21(18)24)33-15-5-10-29-11-13-30(14-12-29)23-7-4-6-22-20(23)8-9-28-22;;;;/h4,6-9,16-17,28H,5,10-15H2,1-3H3;2*1H;2*1H2. The van der Waals surface area contributed by atoms with Crippen LogP contribution in [-0.2, 0) is 0 Å². The third-order valence-electron chi connectivity index (χ3n) is 6.90. The van der Waals surface area contributed by atoms with Crippen LogP contribution in [0.2, 0.25) is 0 Å². The Bertz CT molecular complexity index is 1380. The molecule has 0 saturated carbocycles. The number of ether oxygens (including phenoxy) is 2. The predicted molar refractivity (Wildman–Crippen MR) is 157 cm³/mol. The van der Waals surface area contributed by atoms with Gasteiger partial charge in [0.2, 0.25) is 0 Å². The molecule has 0 radical (unpaired) electrons. The zero-order valence-corrected chi connectivity index (χ0v) is 23.5. The van der Waals surface area contributed by atoms with Gasteiger partial charge < -0.3 is 34.7 Å². The van der Waals surface area contributed by atoms with Crippen molar-refractivity contribution in [2.75, 3.05) is 51.3 Å². The number of anilines is 1. The van der Waals surface area contributed by atoms with E-state index in [1.54, 1.807) is 20.1 Å². The number of H-pyrrole nitrogens is 1. The summed E-state index contributed by atoms with van der Waals surface area (Å²) in [5, 5.41) is 2.17. The van der Waals surface area contributed by atoms with Gasteiger partial charge in [0.15, 0.2) is 11.5 Å². The molecule has 4 aromatic rings. The number of benzene rings is 2. The van der Waals surface area contributed by atoms with E-state index in [4.69, 9.17) is 13.9 Å². The van der Waals surface area contributed by atoms with E-state index in [2.05, 4.69) is 39.0 Å². The highest BCUT2D eigenvalue weighted by molar-refractivity contribution is 5.92. The highest BCUT2D eigenvalue weighted by Crippen LogP contribution is 2.34. The molecule has 0 bridgehead atoms. The number of piperazine rings is 1. The Labute approximate surface area is 234 Å². The van der Waals surface area contributed by atoms with Gasteiger partial charge in [0.1, 0.15) is 5.58 Å². The monoisotopic (exact) mass is 569 g/mol. The maximum atomic E-state index is 12.0. The van der Waals surface area contributed by atoms with Gasteiger partial charge in [-0.25, -0.2) is 4.79 Å². The lowest BCUT2D eigenvalue weighted by molar-refractivity contribution is 0.221. The van der Waals surface area contributed by atoms with Crippen LogP contribution in [0.4, 0.5) is 5.69 Å². The number of rotatable bonds is 7. The number of hydrogen-bond acceptors (Lipinski definition) is 6. The van der Waals surface area contributed by atoms with Gasteiger partial charge in [0.05, 0.1) is 13.7 Å². The predicted octanol–water partition coefficient (Wildman–Crippen LogP) is 3.69. The Morgan fingerprint density at radius 3 is 2.39 bits per heavy atom. The van der Waals surface area contributed by atoms with Crippen molar-refractivity contribution in [3.8, 4) is 11.5 Å². The molecule has 1 saturated heterocycles. The molecule has 5 N–H and O–H groups in total. The molecule has 210 valence electrons. The number of nitrogens with zero attached hydrogens (tertiary/aromatic N) is 2. The van der Waals surface area contributed by atoms with Gasteiger partial charge in [0, 0.05) is 72.5 Å². The summed E-state index contributed by atoms with van der Waals surface area (Å²) >= 11 is 0. The Balaban J connectivity index is 0.00000180. The van der Waals surface area contributed by atoms with Gasteiger partial charge >= 0.3 is 5.63 Å². The van der Waals surface area contributed by atoms with E-state index in [0.717, 1.165) is 50.1 Å². The summed E-state index contributed by atoms with van der Waals surface area (Å²) in [7, 11) is 1.60. The van der Waals surface area contributed by atoms with Gasteiger partial charge in [-0.15, -0.1) is 24.8 Å². The average molecular weight is 571 g/mol. The highest BCUT2D eigenvalue weighted by atomic mass is 35.5. The number of aryl methyl sites for hydroxylation is 1. The molecule has 1 aliphatic heterocycles. The second-order valence-corrected chi connectivity index (χ2v) is 8.89. The fourth-order valence-corrected chi connectivity index (χ4v) is 4.75. The Morgan fingerprint density at radius 2 is 1.68 bits per heavy atom. The van der Waals surface area contributed by atoms with Gasteiger partial charge in [0.25, 0.3) is 0 Å². The fraction of sp³-hybridized carbons (Fsp3) is 0.370. The van der Waals surface area contributed by atoms with E-state index < -0.39 is 0 Å². The van der Waals surface area contributed by atoms with E-state index in [0.29, 0.717) is 29.3 Å². The van der Waals surface area contributed by atoms with Gasteiger partial charge in [-0.05, 0) is 50.1 Å². The minimum Gasteiger partial charge on any atom is -0.493 e. The van der Waals surface area contributed by atoms with Crippen LogP contribution in [0.3, 0.4) is 0 Å². The zero-order chi connectivity index (χ0) is 23.7. The van der Waals surface area contributed by atoms with Crippen LogP contribution in [0.15, 0.2) is 51.8 Å². The van der Waals surface area contributed by atoms with Crippen LogP contribution in [0, 0.1) is 13.8 Å².